The van der Waals surface area contributed by atoms with Crippen molar-refractivity contribution in [3.05, 3.63) is 71.0 Å². The zero-order valence-corrected chi connectivity index (χ0v) is 14.6. The highest BCUT2D eigenvalue weighted by Crippen LogP contribution is 2.32. The Morgan fingerprint density at radius 2 is 1.96 bits per heavy atom. The Labute approximate surface area is 155 Å². The van der Waals surface area contributed by atoms with Crippen molar-refractivity contribution in [2.45, 2.75) is 6.54 Å². The Morgan fingerprint density at radius 3 is 2.81 bits per heavy atom. The number of hydrogen-bond acceptors (Lipinski definition) is 4. The van der Waals surface area contributed by atoms with Crippen LogP contribution in [-0.2, 0) is 6.54 Å². The molecule has 0 bridgehead atoms. The van der Waals surface area contributed by atoms with Gasteiger partial charge in [-0.25, -0.2) is 0 Å². The van der Waals surface area contributed by atoms with Crippen molar-refractivity contribution in [1.29, 1.82) is 0 Å². The van der Waals surface area contributed by atoms with Gasteiger partial charge in [0.25, 0.3) is 5.91 Å². The van der Waals surface area contributed by atoms with E-state index in [4.69, 9.17) is 21.1 Å². The summed E-state index contributed by atoms with van der Waals surface area (Å²) in [5.74, 6) is 1.07. The van der Waals surface area contributed by atoms with Crippen LogP contribution in [0, 0.1) is 0 Å². The Kier molecular flexibility index (Phi) is 4.50. The summed E-state index contributed by atoms with van der Waals surface area (Å²) in [4.78, 5) is 12.5. The number of fused-ring (bicyclic) bond motifs is 1. The van der Waals surface area contributed by atoms with Gasteiger partial charge >= 0.3 is 0 Å². The third-order valence-electron chi connectivity index (χ3n) is 3.99. The highest BCUT2D eigenvalue weighted by Gasteiger charge is 2.14. The highest BCUT2D eigenvalue weighted by molar-refractivity contribution is 6.31. The quantitative estimate of drug-likeness (QED) is 0.763. The number of carbonyl (C=O) groups excluding carboxylic acids is 1. The van der Waals surface area contributed by atoms with Gasteiger partial charge in [-0.2, -0.15) is 5.10 Å². The second-order valence-electron chi connectivity index (χ2n) is 5.83. The lowest BCUT2D eigenvalue weighted by Crippen LogP contribution is -2.16. The van der Waals surface area contributed by atoms with Gasteiger partial charge in [0.15, 0.2) is 11.5 Å². The molecule has 0 saturated heterocycles. The molecule has 7 heteroatoms. The number of carbonyl (C=O) groups is 1. The fourth-order valence-electron chi connectivity index (χ4n) is 2.69. The van der Waals surface area contributed by atoms with E-state index in [1.807, 2.05) is 24.3 Å². The maximum atomic E-state index is 12.5. The topological polar surface area (TPSA) is 65.4 Å². The number of nitrogens with zero attached hydrogens (tertiary/aromatic N) is 2. The average molecular weight is 370 g/mol. The number of anilines is 1. The molecular formula is C19H16ClN3O3. The van der Waals surface area contributed by atoms with Gasteiger partial charge < -0.3 is 14.8 Å². The van der Waals surface area contributed by atoms with E-state index in [9.17, 15) is 4.79 Å². The van der Waals surface area contributed by atoms with Crippen molar-refractivity contribution in [1.82, 2.24) is 9.78 Å². The first-order valence-corrected chi connectivity index (χ1v) is 8.54. The molecule has 132 valence electrons. The SMILES string of the molecule is O=C(Nc1ccc2c(c1)OCCO2)c1cnn(Cc2ccccc2Cl)c1. The molecule has 0 spiro atoms. The zero-order valence-electron chi connectivity index (χ0n) is 13.8. The molecule has 1 aliphatic rings. The molecule has 0 fully saturated rings. The summed E-state index contributed by atoms with van der Waals surface area (Å²) in [6.07, 6.45) is 3.22. The summed E-state index contributed by atoms with van der Waals surface area (Å²) in [7, 11) is 0. The predicted octanol–water partition coefficient (Wildman–Crippen LogP) is 3.61. The van der Waals surface area contributed by atoms with Crippen LogP contribution in [0.25, 0.3) is 0 Å². The number of rotatable bonds is 4. The number of nitrogens with one attached hydrogen (secondary N) is 1. The van der Waals surface area contributed by atoms with Crippen molar-refractivity contribution >= 4 is 23.2 Å². The summed E-state index contributed by atoms with van der Waals surface area (Å²) >= 11 is 6.17. The van der Waals surface area contributed by atoms with Crippen LogP contribution in [0.4, 0.5) is 5.69 Å². The molecule has 1 amide bonds. The fourth-order valence-corrected chi connectivity index (χ4v) is 2.89. The fraction of sp³-hybridized carbons (Fsp3) is 0.158. The molecule has 0 atom stereocenters. The molecule has 2 heterocycles. The molecule has 26 heavy (non-hydrogen) atoms. The Balaban J connectivity index is 1.46. The Hall–Kier alpha value is -2.99. The van der Waals surface area contributed by atoms with E-state index in [1.54, 1.807) is 29.1 Å². The zero-order chi connectivity index (χ0) is 17.9. The largest absolute Gasteiger partial charge is 0.486 e. The van der Waals surface area contributed by atoms with E-state index in [0.29, 0.717) is 47.5 Å². The van der Waals surface area contributed by atoms with Gasteiger partial charge in [0.2, 0.25) is 0 Å². The van der Waals surface area contributed by atoms with Gasteiger partial charge in [0, 0.05) is 23.0 Å². The second-order valence-corrected chi connectivity index (χ2v) is 6.24. The Bertz CT molecular complexity index is 955. The van der Waals surface area contributed by atoms with Crippen molar-refractivity contribution in [2.75, 3.05) is 18.5 Å². The molecule has 1 aliphatic heterocycles. The molecule has 1 aromatic heterocycles. The average Bonchev–Trinajstić information content (AvgIpc) is 3.12. The lowest BCUT2D eigenvalue weighted by molar-refractivity contribution is 0.102. The monoisotopic (exact) mass is 369 g/mol. The molecule has 0 aliphatic carbocycles. The van der Waals surface area contributed by atoms with Gasteiger partial charge in [0.1, 0.15) is 13.2 Å². The number of ether oxygens (including phenoxy) is 2. The van der Waals surface area contributed by atoms with E-state index in [-0.39, 0.29) is 5.91 Å². The molecule has 1 N–H and O–H groups in total. The molecular weight excluding hydrogens is 354 g/mol. The predicted molar refractivity (Wildman–Crippen MR) is 98.2 cm³/mol. The first-order valence-electron chi connectivity index (χ1n) is 8.16. The summed E-state index contributed by atoms with van der Waals surface area (Å²) in [6.45, 7) is 1.53. The number of amides is 1. The molecule has 3 aromatic rings. The van der Waals surface area contributed by atoms with Crippen LogP contribution < -0.4 is 14.8 Å². The van der Waals surface area contributed by atoms with Crippen LogP contribution >= 0.6 is 11.6 Å². The minimum Gasteiger partial charge on any atom is -0.486 e. The lowest BCUT2D eigenvalue weighted by atomic mass is 10.2. The highest BCUT2D eigenvalue weighted by atomic mass is 35.5. The third kappa shape index (κ3) is 3.50. The van der Waals surface area contributed by atoms with Crippen molar-refractivity contribution < 1.29 is 14.3 Å². The van der Waals surface area contributed by atoms with E-state index >= 15 is 0 Å². The maximum Gasteiger partial charge on any atom is 0.258 e. The van der Waals surface area contributed by atoms with E-state index in [0.717, 1.165) is 5.56 Å². The number of hydrogen-bond donors (Lipinski definition) is 1. The third-order valence-corrected chi connectivity index (χ3v) is 4.35. The normalized spacial score (nSPS) is 12.7. The Morgan fingerprint density at radius 1 is 1.15 bits per heavy atom. The molecule has 0 saturated carbocycles. The van der Waals surface area contributed by atoms with Crippen LogP contribution in [0.1, 0.15) is 15.9 Å². The first-order chi connectivity index (χ1) is 12.7. The van der Waals surface area contributed by atoms with Crippen LogP contribution in [0.5, 0.6) is 11.5 Å². The van der Waals surface area contributed by atoms with Gasteiger partial charge in [-0.1, -0.05) is 29.8 Å². The number of aromatic nitrogens is 2. The summed E-state index contributed by atoms with van der Waals surface area (Å²) in [5, 5.41) is 7.75. The van der Waals surface area contributed by atoms with E-state index in [1.165, 1.54) is 6.20 Å². The summed E-state index contributed by atoms with van der Waals surface area (Å²) in [5.41, 5.74) is 2.04. The molecule has 0 unspecified atom stereocenters. The van der Waals surface area contributed by atoms with Crippen LogP contribution in [-0.4, -0.2) is 28.9 Å². The number of halogens is 1. The first kappa shape index (κ1) is 16.5. The summed E-state index contributed by atoms with van der Waals surface area (Å²) < 4.78 is 12.7. The van der Waals surface area contributed by atoms with Gasteiger partial charge in [-0.15, -0.1) is 0 Å². The van der Waals surface area contributed by atoms with Crippen LogP contribution in [0.2, 0.25) is 5.02 Å². The van der Waals surface area contributed by atoms with Gasteiger partial charge in [0.05, 0.1) is 18.3 Å². The minimum absolute atomic E-state index is 0.243. The maximum absolute atomic E-state index is 12.5. The molecule has 6 nitrogen and oxygen atoms in total. The van der Waals surface area contributed by atoms with Crippen molar-refractivity contribution in [3.63, 3.8) is 0 Å². The molecule has 4 rings (SSSR count). The minimum atomic E-state index is -0.243. The molecule has 2 aromatic carbocycles. The summed E-state index contributed by atoms with van der Waals surface area (Å²) in [6, 6.07) is 12.9. The molecule has 0 radical (unpaired) electrons. The smallest absolute Gasteiger partial charge is 0.258 e. The number of benzene rings is 2. The van der Waals surface area contributed by atoms with Crippen molar-refractivity contribution in [3.8, 4) is 11.5 Å². The standard InChI is InChI=1S/C19H16ClN3O3/c20-16-4-2-1-3-13(16)11-23-12-14(10-21-23)19(24)22-15-5-6-17-18(9-15)26-8-7-25-17/h1-6,9-10,12H,7-8,11H2,(H,22,24). The van der Waals surface area contributed by atoms with Crippen LogP contribution in [0.15, 0.2) is 54.9 Å². The van der Waals surface area contributed by atoms with Crippen molar-refractivity contribution in [2.24, 2.45) is 0 Å². The van der Waals surface area contributed by atoms with E-state index in [2.05, 4.69) is 10.4 Å². The van der Waals surface area contributed by atoms with Gasteiger partial charge in [-0.3, -0.25) is 9.48 Å². The second kappa shape index (κ2) is 7.09. The van der Waals surface area contributed by atoms with E-state index < -0.39 is 0 Å². The van der Waals surface area contributed by atoms with Crippen LogP contribution in [0.3, 0.4) is 0 Å². The van der Waals surface area contributed by atoms with Gasteiger partial charge in [-0.05, 0) is 23.8 Å². The lowest BCUT2D eigenvalue weighted by Gasteiger charge is -2.18.